The van der Waals surface area contributed by atoms with E-state index in [1.165, 1.54) is 17.0 Å². The number of nitro groups is 1. The van der Waals surface area contributed by atoms with E-state index in [4.69, 9.17) is 4.74 Å². The van der Waals surface area contributed by atoms with Gasteiger partial charge >= 0.3 is 11.8 Å². The SMILES string of the molecule is CCC(C)N(C(=O)O)c1ccc(/C=C/c2ccc([N+](=O)[O-])c(OCCF)c2)cc1. The zero-order valence-corrected chi connectivity index (χ0v) is 16.2. The molecule has 2 aromatic rings. The summed E-state index contributed by atoms with van der Waals surface area (Å²) < 4.78 is 17.5. The van der Waals surface area contributed by atoms with Gasteiger partial charge in [-0.2, -0.15) is 0 Å². The first-order valence-corrected chi connectivity index (χ1v) is 9.14. The van der Waals surface area contributed by atoms with Gasteiger partial charge in [0.15, 0.2) is 5.75 Å². The maximum Gasteiger partial charge on any atom is 0.412 e. The lowest BCUT2D eigenvalue weighted by Crippen LogP contribution is -2.37. The van der Waals surface area contributed by atoms with Crippen LogP contribution in [0.15, 0.2) is 42.5 Å². The fourth-order valence-electron chi connectivity index (χ4n) is 2.72. The van der Waals surface area contributed by atoms with Crippen LogP contribution in [0, 0.1) is 10.1 Å². The minimum atomic E-state index is -1.01. The Morgan fingerprint density at radius 3 is 2.41 bits per heavy atom. The minimum absolute atomic E-state index is 0.0100. The molecule has 29 heavy (non-hydrogen) atoms. The van der Waals surface area contributed by atoms with Gasteiger partial charge in [0.25, 0.3) is 0 Å². The fourth-order valence-corrected chi connectivity index (χ4v) is 2.72. The maximum absolute atomic E-state index is 12.3. The van der Waals surface area contributed by atoms with Gasteiger partial charge in [-0.25, -0.2) is 9.18 Å². The molecular formula is C21H23FN2O5. The number of anilines is 1. The highest BCUT2D eigenvalue weighted by Gasteiger charge is 2.19. The summed E-state index contributed by atoms with van der Waals surface area (Å²) in [6.07, 6.45) is 3.22. The number of carboxylic acid groups (broad SMARTS) is 1. The molecule has 1 N–H and O–H groups in total. The van der Waals surface area contributed by atoms with Crippen LogP contribution >= 0.6 is 0 Å². The quantitative estimate of drug-likeness (QED) is 0.344. The summed E-state index contributed by atoms with van der Waals surface area (Å²) in [5.41, 5.74) is 1.84. The average molecular weight is 402 g/mol. The predicted molar refractivity (Wildman–Crippen MR) is 110 cm³/mol. The van der Waals surface area contributed by atoms with Crippen LogP contribution in [0.2, 0.25) is 0 Å². The van der Waals surface area contributed by atoms with Crippen LogP contribution in [-0.4, -0.2) is 35.4 Å². The fraction of sp³-hybridized carbons (Fsp3) is 0.286. The Morgan fingerprint density at radius 1 is 1.24 bits per heavy atom. The Hall–Kier alpha value is -3.42. The molecule has 0 aliphatic heterocycles. The van der Waals surface area contributed by atoms with Gasteiger partial charge in [0, 0.05) is 17.8 Å². The van der Waals surface area contributed by atoms with Crippen LogP contribution in [0.1, 0.15) is 31.4 Å². The van der Waals surface area contributed by atoms with Crippen molar-refractivity contribution in [2.45, 2.75) is 26.3 Å². The van der Waals surface area contributed by atoms with Crippen molar-refractivity contribution in [2.24, 2.45) is 0 Å². The van der Waals surface area contributed by atoms with Crippen molar-refractivity contribution >= 4 is 29.6 Å². The molecule has 8 heteroatoms. The third kappa shape index (κ3) is 5.78. The highest BCUT2D eigenvalue weighted by atomic mass is 19.1. The van der Waals surface area contributed by atoms with Crippen molar-refractivity contribution < 1.29 is 24.0 Å². The number of ether oxygens (including phenoxy) is 1. The summed E-state index contributed by atoms with van der Waals surface area (Å²) in [7, 11) is 0. The Balaban J connectivity index is 2.21. The van der Waals surface area contributed by atoms with Crippen molar-refractivity contribution in [3.8, 4) is 5.75 Å². The Morgan fingerprint density at radius 2 is 1.86 bits per heavy atom. The molecule has 0 heterocycles. The van der Waals surface area contributed by atoms with E-state index < -0.39 is 17.7 Å². The molecule has 0 aromatic heterocycles. The first kappa shape index (κ1) is 21.9. The lowest BCUT2D eigenvalue weighted by Gasteiger charge is -2.25. The number of nitro benzene ring substituents is 1. The molecule has 2 aromatic carbocycles. The van der Waals surface area contributed by atoms with Crippen molar-refractivity contribution in [2.75, 3.05) is 18.2 Å². The molecule has 1 atom stereocenters. The van der Waals surface area contributed by atoms with E-state index >= 15 is 0 Å². The number of alkyl halides is 1. The molecule has 0 aliphatic rings. The molecule has 0 radical (unpaired) electrons. The number of rotatable bonds is 9. The second kappa shape index (κ2) is 10.2. The predicted octanol–water partition coefficient (Wildman–Crippen LogP) is 5.40. The lowest BCUT2D eigenvalue weighted by molar-refractivity contribution is -0.385. The Labute approximate surface area is 168 Å². The Kier molecular flexibility index (Phi) is 7.70. The lowest BCUT2D eigenvalue weighted by atomic mass is 10.1. The summed E-state index contributed by atoms with van der Waals surface area (Å²) >= 11 is 0. The molecule has 2 rings (SSSR count). The number of nitrogens with zero attached hydrogens (tertiary/aromatic N) is 2. The van der Waals surface area contributed by atoms with E-state index in [1.54, 1.807) is 42.5 Å². The molecule has 0 aliphatic carbocycles. The van der Waals surface area contributed by atoms with Gasteiger partial charge in [0.05, 0.1) is 4.92 Å². The molecular weight excluding hydrogens is 379 g/mol. The van der Waals surface area contributed by atoms with Crippen molar-refractivity contribution in [1.29, 1.82) is 0 Å². The molecule has 1 amide bonds. The molecule has 154 valence electrons. The molecule has 0 fully saturated rings. The molecule has 0 saturated carbocycles. The first-order chi connectivity index (χ1) is 13.9. The third-order valence-corrected chi connectivity index (χ3v) is 4.39. The van der Waals surface area contributed by atoms with Gasteiger partial charge in [-0.05, 0) is 48.7 Å². The standard InChI is InChI=1S/C21H23FN2O5/c1-3-15(2)23(21(25)26)18-9-6-16(7-10-18)4-5-17-8-11-19(24(27)28)20(14-17)29-13-12-22/h4-11,14-15H,3,12-13H2,1-2H3,(H,25,26)/b5-4+. The zero-order valence-electron chi connectivity index (χ0n) is 16.2. The number of amides is 1. The van der Waals surface area contributed by atoms with E-state index in [1.807, 2.05) is 13.8 Å². The van der Waals surface area contributed by atoms with Gasteiger partial charge in [-0.1, -0.05) is 31.2 Å². The van der Waals surface area contributed by atoms with E-state index in [-0.39, 0.29) is 24.1 Å². The molecule has 1 unspecified atom stereocenters. The van der Waals surface area contributed by atoms with E-state index in [0.29, 0.717) is 17.7 Å². The van der Waals surface area contributed by atoms with Crippen molar-refractivity contribution in [3.63, 3.8) is 0 Å². The third-order valence-electron chi connectivity index (χ3n) is 4.39. The minimum Gasteiger partial charge on any atom is -0.484 e. The van der Waals surface area contributed by atoms with E-state index in [0.717, 1.165) is 5.56 Å². The largest absolute Gasteiger partial charge is 0.484 e. The topological polar surface area (TPSA) is 92.9 Å². The maximum atomic E-state index is 12.3. The van der Waals surface area contributed by atoms with Crippen LogP contribution < -0.4 is 9.64 Å². The first-order valence-electron chi connectivity index (χ1n) is 9.14. The second-order valence-electron chi connectivity index (χ2n) is 6.36. The molecule has 7 nitrogen and oxygen atoms in total. The van der Waals surface area contributed by atoms with Crippen LogP contribution in [0.4, 0.5) is 20.6 Å². The number of benzene rings is 2. The summed E-state index contributed by atoms with van der Waals surface area (Å²) in [4.78, 5) is 23.3. The van der Waals surface area contributed by atoms with Gasteiger partial charge in [0.2, 0.25) is 0 Å². The summed E-state index contributed by atoms with van der Waals surface area (Å²) in [5, 5.41) is 20.5. The van der Waals surface area contributed by atoms with E-state index in [9.17, 15) is 24.4 Å². The Bertz CT molecular complexity index is 883. The van der Waals surface area contributed by atoms with Gasteiger partial charge in [0.1, 0.15) is 13.3 Å². The second-order valence-corrected chi connectivity index (χ2v) is 6.36. The van der Waals surface area contributed by atoms with Crippen molar-refractivity contribution in [3.05, 3.63) is 63.7 Å². The van der Waals surface area contributed by atoms with Crippen LogP contribution in [0.3, 0.4) is 0 Å². The number of halogens is 1. The number of hydrogen-bond acceptors (Lipinski definition) is 4. The molecule has 0 saturated heterocycles. The van der Waals surface area contributed by atoms with Crippen LogP contribution in [-0.2, 0) is 0 Å². The van der Waals surface area contributed by atoms with Gasteiger partial charge in [-0.15, -0.1) is 0 Å². The smallest absolute Gasteiger partial charge is 0.412 e. The van der Waals surface area contributed by atoms with Crippen LogP contribution in [0.25, 0.3) is 12.2 Å². The summed E-state index contributed by atoms with van der Waals surface area (Å²) in [6, 6.07) is 11.3. The van der Waals surface area contributed by atoms with Crippen LogP contribution in [0.5, 0.6) is 5.75 Å². The van der Waals surface area contributed by atoms with Gasteiger partial charge < -0.3 is 9.84 Å². The highest BCUT2D eigenvalue weighted by Crippen LogP contribution is 2.29. The number of hydrogen-bond donors (Lipinski definition) is 1. The molecule has 0 bridgehead atoms. The highest BCUT2D eigenvalue weighted by molar-refractivity contribution is 5.87. The zero-order chi connectivity index (χ0) is 21.4. The van der Waals surface area contributed by atoms with Crippen molar-refractivity contribution in [1.82, 2.24) is 0 Å². The molecule has 0 spiro atoms. The normalized spacial score (nSPS) is 12.0. The number of carbonyl (C=O) groups is 1. The van der Waals surface area contributed by atoms with E-state index in [2.05, 4.69) is 0 Å². The van der Waals surface area contributed by atoms with Gasteiger partial charge in [-0.3, -0.25) is 15.0 Å². The summed E-state index contributed by atoms with van der Waals surface area (Å²) in [5.74, 6) is 0.0100. The average Bonchev–Trinajstić information content (AvgIpc) is 2.71. The summed E-state index contributed by atoms with van der Waals surface area (Å²) in [6.45, 7) is 2.77. The monoisotopic (exact) mass is 402 g/mol.